The molecule has 1 aromatic carbocycles. The molecule has 0 bridgehead atoms. The van der Waals surface area contributed by atoms with E-state index in [1.165, 1.54) is 12.1 Å². The second kappa shape index (κ2) is 8.82. The number of carbonyl (C=O) groups is 1. The summed E-state index contributed by atoms with van der Waals surface area (Å²) in [5, 5.41) is 10.2. The maximum atomic E-state index is 13.5. The van der Waals surface area contributed by atoms with Crippen LogP contribution in [-0.2, 0) is 13.0 Å². The van der Waals surface area contributed by atoms with Crippen LogP contribution in [0.25, 0.3) is 0 Å². The summed E-state index contributed by atoms with van der Waals surface area (Å²) in [7, 11) is 0. The third kappa shape index (κ3) is 4.70. The molecule has 2 aliphatic heterocycles. The monoisotopic (exact) mass is 401 g/mol. The number of hydrogen-bond acceptors (Lipinski definition) is 5. The lowest BCUT2D eigenvalue weighted by Crippen LogP contribution is -2.48. The van der Waals surface area contributed by atoms with Crippen LogP contribution in [0.15, 0.2) is 28.8 Å². The van der Waals surface area contributed by atoms with Gasteiger partial charge in [0.05, 0.1) is 5.56 Å². The third-order valence-corrected chi connectivity index (χ3v) is 5.64. The van der Waals surface area contributed by atoms with E-state index in [9.17, 15) is 9.18 Å². The Bertz CT molecular complexity index is 855. The zero-order valence-electron chi connectivity index (χ0n) is 16.8. The number of hydrogen-bond donors (Lipinski definition) is 2. The molecule has 1 aromatic heterocycles. The van der Waals surface area contributed by atoms with Crippen molar-refractivity contribution in [3.05, 3.63) is 41.4 Å². The van der Waals surface area contributed by atoms with Gasteiger partial charge in [-0.25, -0.2) is 9.18 Å². The normalized spacial score (nSPS) is 19.7. The SMILES string of the molecule is CCNC(=O)N1CCCC(CN2CCc3onc(Nc4cccc(F)c4)c3C2)C1. The number of piperidine rings is 1. The van der Waals surface area contributed by atoms with E-state index in [1.807, 2.05) is 17.9 Å². The van der Waals surface area contributed by atoms with E-state index in [4.69, 9.17) is 4.52 Å². The van der Waals surface area contributed by atoms with E-state index in [0.29, 0.717) is 24.0 Å². The number of halogens is 1. The molecule has 1 atom stereocenters. The average Bonchev–Trinajstić information content (AvgIpc) is 3.10. The van der Waals surface area contributed by atoms with Gasteiger partial charge < -0.3 is 20.1 Å². The molecule has 7 nitrogen and oxygen atoms in total. The van der Waals surface area contributed by atoms with Crippen molar-refractivity contribution < 1.29 is 13.7 Å². The summed E-state index contributed by atoms with van der Waals surface area (Å²) in [6.07, 6.45) is 2.98. The molecule has 2 aromatic rings. The molecule has 0 saturated carbocycles. The highest BCUT2D eigenvalue weighted by Gasteiger charge is 2.29. The topological polar surface area (TPSA) is 73.6 Å². The molecular weight excluding hydrogens is 373 g/mol. The van der Waals surface area contributed by atoms with Crippen molar-refractivity contribution in [2.75, 3.05) is 38.0 Å². The highest BCUT2D eigenvalue weighted by atomic mass is 19.1. The minimum atomic E-state index is -0.289. The van der Waals surface area contributed by atoms with Crippen LogP contribution >= 0.6 is 0 Å². The van der Waals surface area contributed by atoms with Crippen LogP contribution in [0.3, 0.4) is 0 Å². The number of likely N-dealkylation sites (tertiary alicyclic amines) is 1. The molecule has 1 saturated heterocycles. The quantitative estimate of drug-likeness (QED) is 0.804. The van der Waals surface area contributed by atoms with Crippen LogP contribution in [0.1, 0.15) is 31.1 Å². The van der Waals surface area contributed by atoms with Gasteiger partial charge in [0.15, 0.2) is 5.82 Å². The molecule has 0 spiro atoms. The highest BCUT2D eigenvalue weighted by molar-refractivity contribution is 5.74. The molecule has 8 heteroatoms. The van der Waals surface area contributed by atoms with Gasteiger partial charge in [0.25, 0.3) is 0 Å². The second-order valence-corrected chi connectivity index (χ2v) is 7.84. The fraction of sp³-hybridized carbons (Fsp3) is 0.524. The van der Waals surface area contributed by atoms with E-state index < -0.39 is 0 Å². The van der Waals surface area contributed by atoms with E-state index >= 15 is 0 Å². The first-order valence-corrected chi connectivity index (χ1v) is 10.4. The van der Waals surface area contributed by atoms with Gasteiger partial charge in [0, 0.05) is 51.4 Å². The number of carbonyl (C=O) groups excluding carboxylic acids is 1. The lowest BCUT2D eigenvalue weighted by Gasteiger charge is -2.36. The van der Waals surface area contributed by atoms with E-state index in [-0.39, 0.29) is 11.8 Å². The first-order valence-electron chi connectivity index (χ1n) is 10.4. The van der Waals surface area contributed by atoms with E-state index in [1.54, 1.807) is 6.07 Å². The van der Waals surface area contributed by atoms with Crippen molar-refractivity contribution >= 4 is 17.5 Å². The van der Waals surface area contributed by atoms with E-state index in [0.717, 1.165) is 63.3 Å². The lowest BCUT2D eigenvalue weighted by molar-refractivity contribution is 0.132. The predicted octanol–water partition coefficient (Wildman–Crippen LogP) is 3.36. The minimum Gasteiger partial charge on any atom is -0.359 e. The fourth-order valence-corrected chi connectivity index (χ4v) is 4.25. The molecule has 2 N–H and O–H groups in total. The number of anilines is 2. The smallest absolute Gasteiger partial charge is 0.317 e. The van der Waals surface area contributed by atoms with E-state index in [2.05, 4.69) is 20.7 Å². The summed E-state index contributed by atoms with van der Waals surface area (Å²) in [5.74, 6) is 1.73. The van der Waals surface area contributed by atoms with Crippen molar-refractivity contribution in [1.82, 2.24) is 20.3 Å². The molecule has 0 radical (unpaired) electrons. The van der Waals surface area contributed by atoms with Gasteiger partial charge in [-0.1, -0.05) is 11.2 Å². The van der Waals surface area contributed by atoms with Gasteiger partial charge in [0.1, 0.15) is 11.6 Å². The van der Waals surface area contributed by atoms with Crippen molar-refractivity contribution in [1.29, 1.82) is 0 Å². The largest absolute Gasteiger partial charge is 0.359 e. The number of rotatable bonds is 5. The third-order valence-electron chi connectivity index (χ3n) is 5.64. The van der Waals surface area contributed by atoms with Gasteiger partial charge in [-0.3, -0.25) is 4.90 Å². The zero-order valence-corrected chi connectivity index (χ0v) is 16.8. The molecule has 29 heavy (non-hydrogen) atoms. The van der Waals surface area contributed by atoms with Crippen LogP contribution in [-0.4, -0.2) is 53.7 Å². The highest BCUT2D eigenvalue weighted by Crippen LogP contribution is 2.29. The van der Waals surface area contributed by atoms with Gasteiger partial charge >= 0.3 is 6.03 Å². The first-order chi connectivity index (χ1) is 14.1. The lowest BCUT2D eigenvalue weighted by atomic mass is 9.96. The number of aromatic nitrogens is 1. The molecule has 156 valence electrons. The summed E-state index contributed by atoms with van der Waals surface area (Å²) in [4.78, 5) is 16.5. The number of benzene rings is 1. The zero-order chi connectivity index (χ0) is 20.2. The standard InChI is InChI=1S/C21H28FN5O2/c1-2-23-21(28)27-9-4-5-15(13-27)12-26-10-8-19-18(14-26)20(25-29-19)24-17-7-3-6-16(22)11-17/h3,6-7,11,15H,2,4-5,8-10,12-14H2,1H3,(H,23,28)(H,24,25). The molecule has 3 heterocycles. The number of nitrogens with zero attached hydrogens (tertiary/aromatic N) is 3. The fourth-order valence-electron chi connectivity index (χ4n) is 4.25. The predicted molar refractivity (Wildman–Crippen MR) is 109 cm³/mol. The Morgan fingerprint density at radius 2 is 2.28 bits per heavy atom. The summed E-state index contributed by atoms with van der Waals surface area (Å²) in [6, 6.07) is 6.38. The molecule has 1 unspecified atom stereocenters. The maximum absolute atomic E-state index is 13.5. The number of fused-ring (bicyclic) bond motifs is 1. The molecule has 2 aliphatic rings. The van der Waals surface area contributed by atoms with Gasteiger partial charge in [-0.2, -0.15) is 0 Å². The Labute approximate surface area is 170 Å². The molecule has 4 rings (SSSR count). The van der Waals surface area contributed by atoms with Crippen molar-refractivity contribution in [3.8, 4) is 0 Å². The Balaban J connectivity index is 1.38. The summed E-state index contributed by atoms with van der Waals surface area (Å²) >= 11 is 0. The Hall–Kier alpha value is -2.61. The second-order valence-electron chi connectivity index (χ2n) is 7.84. The van der Waals surface area contributed by atoms with Crippen LogP contribution in [0, 0.1) is 11.7 Å². The van der Waals surface area contributed by atoms with Crippen molar-refractivity contribution in [2.45, 2.75) is 32.7 Å². The Morgan fingerprint density at radius 1 is 1.38 bits per heavy atom. The van der Waals surface area contributed by atoms with Gasteiger partial charge in [-0.05, 0) is 43.9 Å². The Morgan fingerprint density at radius 3 is 3.10 bits per heavy atom. The summed E-state index contributed by atoms with van der Waals surface area (Å²) in [6.45, 7) is 6.84. The van der Waals surface area contributed by atoms with Crippen molar-refractivity contribution in [2.24, 2.45) is 5.92 Å². The van der Waals surface area contributed by atoms with Crippen LogP contribution in [0.2, 0.25) is 0 Å². The molecule has 0 aliphatic carbocycles. The summed E-state index contributed by atoms with van der Waals surface area (Å²) < 4.78 is 19.0. The van der Waals surface area contributed by atoms with Gasteiger partial charge in [-0.15, -0.1) is 0 Å². The number of urea groups is 1. The number of nitrogens with one attached hydrogen (secondary N) is 2. The summed E-state index contributed by atoms with van der Waals surface area (Å²) in [5.41, 5.74) is 1.69. The number of amides is 2. The molecule has 2 amide bonds. The van der Waals surface area contributed by atoms with Crippen LogP contribution in [0.4, 0.5) is 20.7 Å². The first kappa shape index (κ1) is 19.7. The van der Waals surface area contributed by atoms with Crippen LogP contribution < -0.4 is 10.6 Å². The minimum absolute atomic E-state index is 0.0405. The molecular formula is C21H28FN5O2. The van der Waals surface area contributed by atoms with Gasteiger partial charge in [0.2, 0.25) is 0 Å². The van der Waals surface area contributed by atoms with Crippen LogP contribution in [0.5, 0.6) is 0 Å². The average molecular weight is 401 g/mol. The Kier molecular flexibility index (Phi) is 5.99. The van der Waals surface area contributed by atoms with Crippen molar-refractivity contribution in [3.63, 3.8) is 0 Å². The maximum Gasteiger partial charge on any atom is 0.317 e. The molecule has 1 fully saturated rings.